The molecule has 0 aliphatic rings. The number of nitrogens with one attached hydrogen (secondary N) is 1. The SMILES string of the molecule is C[C@@H](Sc1cccc[n+]1[O-])C(=O)Nc1cccc([N+](=O)[O-])c1. The van der Waals surface area contributed by atoms with E-state index in [0.29, 0.717) is 15.4 Å². The van der Waals surface area contributed by atoms with Gasteiger partial charge in [-0.1, -0.05) is 6.07 Å². The summed E-state index contributed by atoms with van der Waals surface area (Å²) < 4.78 is 0.682. The van der Waals surface area contributed by atoms with Crippen molar-refractivity contribution in [1.82, 2.24) is 0 Å². The monoisotopic (exact) mass is 319 g/mol. The number of nitro groups is 1. The van der Waals surface area contributed by atoms with E-state index in [1.807, 2.05) is 0 Å². The van der Waals surface area contributed by atoms with Gasteiger partial charge < -0.3 is 10.5 Å². The predicted octanol–water partition coefficient (Wildman–Crippen LogP) is 2.35. The van der Waals surface area contributed by atoms with Crippen molar-refractivity contribution in [3.63, 3.8) is 0 Å². The molecule has 1 N–H and O–H groups in total. The fourth-order valence-corrected chi connectivity index (χ4v) is 2.53. The number of benzene rings is 1. The van der Waals surface area contributed by atoms with E-state index in [1.165, 1.54) is 24.4 Å². The maximum absolute atomic E-state index is 12.1. The lowest BCUT2D eigenvalue weighted by atomic mass is 10.2. The summed E-state index contributed by atoms with van der Waals surface area (Å²) in [6.45, 7) is 1.66. The lowest BCUT2D eigenvalue weighted by Crippen LogP contribution is -2.30. The second-order valence-corrected chi connectivity index (χ2v) is 5.78. The molecule has 0 fully saturated rings. The van der Waals surface area contributed by atoms with Crippen LogP contribution in [0.25, 0.3) is 0 Å². The van der Waals surface area contributed by atoms with E-state index in [1.54, 1.807) is 31.2 Å². The van der Waals surface area contributed by atoms with E-state index in [2.05, 4.69) is 5.32 Å². The van der Waals surface area contributed by atoms with Gasteiger partial charge in [0.05, 0.1) is 10.2 Å². The number of thioether (sulfide) groups is 1. The van der Waals surface area contributed by atoms with Gasteiger partial charge >= 0.3 is 0 Å². The van der Waals surface area contributed by atoms with Gasteiger partial charge in [0.1, 0.15) is 0 Å². The molecule has 7 nitrogen and oxygen atoms in total. The van der Waals surface area contributed by atoms with Crippen LogP contribution in [0.2, 0.25) is 0 Å². The third-order valence-corrected chi connectivity index (χ3v) is 3.90. The standard InChI is InChI=1S/C14H13N3O4S/c1-10(22-13-7-2-3-8-16(13)19)14(18)15-11-5-4-6-12(9-11)17(20)21/h2-10H,1H3,(H,15,18)/t10-/m1/s1. The number of hydrogen-bond donors (Lipinski definition) is 1. The van der Waals surface area contributed by atoms with Crippen LogP contribution in [0.4, 0.5) is 11.4 Å². The number of carbonyl (C=O) groups excluding carboxylic acids is 1. The second kappa shape index (κ2) is 6.90. The first kappa shape index (κ1) is 15.8. The Morgan fingerprint density at radius 3 is 2.77 bits per heavy atom. The number of nitrogens with zero attached hydrogens (tertiary/aromatic N) is 2. The number of hydrogen-bond acceptors (Lipinski definition) is 5. The summed E-state index contributed by atoms with van der Waals surface area (Å²) in [5, 5.41) is 24.7. The number of nitro benzene ring substituents is 1. The van der Waals surface area contributed by atoms with Crippen molar-refractivity contribution in [3.05, 3.63) is 64.0 Å². The first-order valence-electron chi connectivity index (χ1n) is 6.37. The number of pyridine rings is 1. The predicted molar refractivity (Wildman–Crippen MR) is 82.4 cm³/mol. The van der Waals surface area contributed by atoms with Crippen LogP contribution < -0.4 is 10.0 Å². The van der Waals surface area contributed by atoms with E-state index in [-0.39, 0.29) is 11.6 Å². The summed E-state index contributed by atoms with van der Waals surface area (Å²) in [4.78, 5) is 22.3. The highest BCUT2D eigenvalue weighted by molar-refractivity contribution is 8.00. The molecule has 0 aliphatic heterocycles. The quantitative estimate of drug-likeness (QED) is 0.300. The molecule has 22 heavy (non-hydrogen) atoms. The smallest absolute Gasteiger partial charge is 0.271 e. The Morgan fingerprint density at radius 1 is 1.32 bits per heavy atom. The highest BCUT2D eigenvalue weighted by atomic mass is 32.2. The zero-order valence-electron chi connectivity index (χ0n) is 11.6. The van der Waals surface area contributed by atoms with Gasteiger partial charge in [0, 0.05) is 30.0 Å². The van der Waals surface area contributed by atoms with Gasteiger partial charge in [-0.25, -0.2) is 0 Å². The number of non-ortho nitro benzene ring substituents is 1. The minimum atomic E-state index is -0.530. The Kier molecular flexibility index (Phi) is 4.95. The van der Waals surface area contributed by atoms with Crippen molar-refractivity contribution in [2.24, 2.45) is 0 Å². The van der Waals surface area contributed by atoms with Crippen molar-refractivity contribution >= 4 is 29.0 Å². The van der Waals surface area contributed by atoms with Crippen molar-refractivity contribution in [2.45, 2.75) is 17.2 Å². The molecule has 2 rings (SSSR count). The molecule has 2 aromatic rings. The second-order valence-electron chi connectivity index (χ2n) is 4.42. The molecule has 1 atom stereocenters. The van der Waals surface area contributed by atoms with E-state index >= 15 is 0 Å². The lowest BCUT2D eigenvalue weighted by Gasteiger charge is -2.11. The molecule has 0 aliphatic carbocycles. The summed E-state index contributed by atoms with van der Waals surface area (Å²) >= 11 is 1.11. The minimum absolute atomic E-state index is 0.0986. The van der Waals surface area contributed by atoms with Crippen LogP contribution in [0.15, 0.2) is 53.7 Å². The minimum Gasteiger partial charge on any atom is -0.618 e. The Bertz CT molecular complexity index is 708. The van der Waals surface area contributed by atoms with E-state index in [9.17, 15) is 20.1 Å². The molecule has 8 heteroatoms. The summed E-state index contributed by atoms with van der Waals surface area (Å²) in [5.41, 5.74) is 0.244. The fourth-order valence-electron chi connectivity index (χ4n) is 1.68. The Labute approximate surface area is 130 Å². The van der Waals surface area contributed by atoms with Gasteiger partial charge in [-0.05, 0) is 30.8 Å². The van der Waals surface area contributed by atoms with Crippen molar-refractivity contribution < 1.29 is 14.4 Å². The average molecular weight is 319 g/mol. The molecule has 0 bridgehead atoms. The summed E-state index contributed by atoms with van der Waals surface area (Å²) in [7, 11) is 0. The molecule has 0 unspecified atom stereocenters. The Morgan fingerprint density at radius 2 is 2.09 bits per heavy atom. The number of carbonyl (C=O) groups is 1. The zero-order valence-corrected chi connectivity index (χ0v) is 12.4. The van der Waals surface area contributed by atoms with Crippen LogP contribution >= 0.6 is 11.8 Å². The molecule has 1 aromatic carbocycles. The third kappa shape index (κ3) is 3.95. The highest BCUT2D eigenvalue weighted by Crippen LogP contribution is 2.22. The normalized spacial score (nSPS) is 11.7. The number of rotatable bonds is 5. The Balaban J connectivity index is 2.04. The van der Waals surface area contributed by atoms with Gasteiger partial charge in [-0.3, -0.25) is 14.9 Å². The first-order valence-corrected chi connectivity index (χ1v) is 7.25. The van der Waals surface area contributed by atoms with Crippen LogP contribution in [0.5, 0.6) is 0 Å². The van der Waals surface area contributed by atoms with Gasteiger partial charge in [0.2, 0.25) is 5.91 Å². The van der Waals surface area contributed by atoms with Crippen molar-refractivity contribution in [2.75, 3.05) is 5.32 Å². The first-order chi connectivity index (χ1) is 10.5. The maximum atomic E-state index is 12.1. The highest BCUT2D eigenvalue weighted by Gasteiger charge is 2.19. The number of aromatic nitrogens is 1. The van der Waals surface area contributed by atoms with Crippen LogP contribution in [0.1, 0.15) is 6.92 Å². The van der Waals surface area contributed by atoms with Gasteiger partial charge in [0.15, 0.2) is 6.20 Å². The molecule has 1 heterocycles. The number of anilines is 1. The van der Waals surface area contributed by atoms with Crippen LogP contribution in [-0.4, -0.2) is 16.1 Å². The van der Waals surface area contributed by atoms with Gasteiger partial charge in [-0.2, -0.15) is 4.73 Å². The largest absolute Gasteiger partial charge is 0.618 e. The molecular formula is C14H13N3O4S. The van der Waals surface area contributed by atoms with E-state index in [4.69, 9.17) is 0 Å². The Hall–Kier alpha value is -2.61. The molecule has 0 radical (unpaired) electrons. The molecular weight excluding hydrogens is 306 g/mol. The summed E-state index contributed by atoms with van der Waals surface area (Å²) in [5.74, 6) is -0.339. The van der Waals surface area contributed by atoms with Crippen molar-refractivity contribution in [1.29, 1.82) is 0 Å². The summed E-state index contributed by atoms with van der Waals surface area (Å²) in [6, 6.07) is 10.6. The number of amides is 1. The van der Waals surface area contributed by atoms with Crippen LogP contribution in [0.3, 0.4) is 0 Å². The topological polar surface area (TPSA) is 99.2 Å². The molecule has 1 aromatic heterocycles. The van der Waals surface area contributed by atoms with E-state index in [0.717, 1.165) is 11.8 Å². The fraction of sp³-hybridized carbons (Fsp3) is 0.143. The van der Waals surface area contributed by atoms with Gasteiger partial charge in [-0.15, -0.1) is 0 Å². The molecule has 0 saturated carbocycles. The van der Waals surface area contributed by atoms with Gasteiger partial charge in [0.25, 0.3) is 10.7 Å². The van der Waals surface area contributed by atoms with Crippen molar-refractivity contribution in [3.8, 4) is 0 Å². The third-order valence-electron chi connectivity index (χ3n) is 2.78. The molecule has 1 amide bonds. The maximum Gasteiger partial charge on any atom is 0.271 e. The average Bonchev–Trinajstić information content (AvgIpc) is 2.49. The van der Waals surface area contributed by atoms with Crippen LogP contribution in [0, 0.1) is 15.3 Å². The zero-order chi connectivity index (χ0) is 16.1. The van der Waals surface area contributed by atoms with E-state index < -0.39 is 10.2 Å². The molecule has 114 valence electrons. The van der Waals surface area contributed by atoms with Crippen LogP contribution in [-0.2, 0) is 4.79 Å². The summed E-state index contributed by atoms with van der Waals surface area (Å²) in [6.07, 6.45) is 1.35. The molecule has 0 saturated heterocycles. The molecule has 0 spiro atoms. The lowest BCUT2D eigenvalue weighted by molar-refractivity contribution is -0.645.